The van der Waals surface area contributed by atoms with E-state index in [9.17, 15) is 4.79 Å². The SMILES string of the molecule is Cc1ccccc1CSc1nnc(CNC(=O)c2cccc(Br)c2)n1-c1ccc(Cl)cc1Cl. The molecule has 0 saturated carbocycles. The van der Waals surface area contributed by atoms with Crippen LogP contribution in [0, 0.1) is 6.92 Å². The molecular weight excluding hydrogens is 543 g/mol. The summed E-state index contributed by atoms with van der Waals surface area (Å²) in [5, 5.41) is 13.3. The number of nitrogens with zero attached hydrogens (tertiary/aromatic N) is 3. The number of halogens is 3. The highest BCUT2D eigenvalue weighted by Crippen LogP contribution is 2.31. The van der Waals surface area contributed by atoms with Gasteiger partial charge in [-0.2, -0.15) is 0 Å². The second-order valence-electron chi connectivity index (χ2n) is 7.24. The summed E-state index contributed by atoms with van der Waals surface area (Å²) in [5.41, 5.74) is 3.67. The fourth-order valence-electron chi connectivity index (χ4n) is 3.22. The maximum atomic E-state index is 12.6. The first-order chi connectivity index (χ1) is 15.9. The van der Waals surface area contributed by atoms with Gasteiger partial charge < -0.3 is 5.32 Å². The van der Waals surface area contributed by atoms with Crippen LogP contribution < -0.4 is 5.32 Å². The fraction of sp³-hybridized carbons (Fsp3) is 0.125. The van der Waals surface area contributed by atoms with Gasteiger partial charge in [-0.15, -0.1) is 10.2 Å². The van der Waals surface area contributed by atoms with Crippen LogP contribution in [0.25, 0.3) is 5.69 Å². The highest BCUT2D eigenvalue weighted by molar-refractivity contribution is 9.10. The van der Waals surface area contributed by atoms with E-state index in [1.807, 2.05) is 34.9 Å². The van der Waals surface area contributed by atoms with Crippen molar-refractivity contribution in [3.8, 4) is 5.69 Å². The molecule has 4 aromatic rings. The van der Waals surface area contributed by atoms with Gasteiger partial charge in [-0.1, -0.05) is 81.2 Å². The number of benzene rings is 3. The molecule has 0 atom stereocenters. The van der Waals surface area contributed by atoms with E-state index in [1.54, 1.807) is 36.0 Å². The van der Waals surface area contributed by atoms with Crippen molar-refractivity contribution in [3.05, 3.63) is 104 Å². The van der Waals surface area contributed by atoms with Crippen molar-refractivity contribution in [2.24, 2.45) is 0 Å². The Bertz CT molecular complexity index is 1310. The van der Waals surface area contributed by atoms with Crippen molar-refractivity contribution in [1.82, 2.24) is 20.1 Å². The van der Waals surface area contributed by atoms with Gasteiger partial charge in [0.25, 0.3) is 5.91 Å². The highest BCUT2D eigenvalue weighted by atomic mass is 79.9. The van der Waals surface area contributed by atoms with E-state index >= 15 is 0 Å². The summed E-state index contributed by atoms with van der Waals surface area (Å²) >= 11 is 17.6. The summed E-state index contributed by atoms with van der Waals surface area (Å²) in [6.45, 7) is 2.27. The minimum atomic E-state index is -0.206. The van der Waals surface area contributed by atoms with Gasteiger partial charge >= 0.3 is 0 Å². The molecule has 1 N–H and O–H groups in total. The summed E-state index contributed by atoms with van der Waals surface area (Å²) < 4.78 is 2.70. The van der Waals surface area contributed by atoms with E-state index in [-0.39, 0.29) is 12.5 Å². The summed E-state index contributed by atoms with van der Waals surface area (Å²) in [4.78, 5) is 12.6. The van der Waals surface area contributed by atoms with E-state index < -0.39 is 0 Å². The first-order valence-corrected chi connectivity index (χ1v) is 12.6. The molecule has 0 spiro atoms. The molecule has 0 aliphatic rings. The molecule has 3 aromatic carbocycles. The van der Waals surface area contributed by atoms with Crippen molar-refractivity contribution >= 4 is 56.8 Å². The van der Waals surface area contributed by atoms with Gasteiger partial charge in [0.05, 0.1) is 17.3 Å². The van der Waals surface area contributed by atoms with Crippen LogP contribution in [0.1, 0.15) is 27.3 Å². The predicted octanol–water partition coefficient (Wildman–Crippen LogP) is 6.87. The topological polar surface area (TPSA) is 59.8 Å². The normalized spacial score (nSPS) is 10.9. The lowest BCUT2D eigenvalue weighted by molar-refractivity contribution is 0.0949. The Morgan fingerprint density at radius 1 is 1.06 bits per heavy atom. The smallest absolute Gasteiger partial charge is 0.251 e. The lowest BCUT2D eigenvalue weighted by Gasteiger charge is -2.13. The monoisotopic (exact) mass is 560 g/mol. The predicted molar refractivity (Wildman–Crippen MR) is 137 cm³/mol. The molecule has 0 aliphatic heterocycles. The molecular formula is C24H19BrCl2N4OS. The Kier molecular flexibility index (Phi) is 7.75. The maximum Gasteiger partial charge on any atom is 0.251 e. The average molecular weight is 562 g/mol. The largest absolute Gasteiger partial charge is 0.345 e. The second kappa shape index (κ2) is 10.7. The van der Waals surface area contributed by atoms with E-state index in [4.69, 9.17) is 23.2 Å². The number of aryl methyl sites for hydroxylation is 1. The van der Waals surface area contributed by atoms with Gasteiger partial charge in [0.1, 0.15) is 0 Å². The summed E-state index contributed by atoms with van der Waals surface area (Å²) in [5.74, 6) is 1.08. The molecule has 1 aromatic heterocycles. The van der Waals surface area contributed by atoms with Crippen LogP contribution >= 0.6 is 50.9 Å². The number of aromatic nitrogens is 3. The summed E-state index contributed by atoms with van der Waals surface area (Å²) in [7, 11) is 0. The molecule has 4 rings (SSSR count). The van der Waals surface area contributed by atoms with Crippen LogP contribution in [-0.4, -0.2) is 20.7 Å². The van der Waals surface area contributed by atoms with Gasteiger partial charge in [-0.3, -0.25) is 9.36 Å². The van der Waals surface area contributed by atoms with Crippen LogP contribution in [-0.2, 0) is 12.3 Å². The third-order valence-electron chi connectivity index (χ3n) is 4.96. The van der Waals surface area contributed by atoms with Crippen molar-refractivity contribution in [1.29, 1.82) is 0 Å². The molecule has 0 radical (unpaired) electrons. The number of hydrogen-bond donors (Lipinski definition) is 1. The van der Waals surface area contributed by atoms with Crippen LogP contribution in [0.15, 0.2) is 76.4 Å². The molecule has 1 amide bonds. The van der Waals surface area contributed by atoms with Crippen molar-refractivity contribution in [3.63, 3.8) is 0 Å². The lowest BCUT2D eigenvalue weighted by atomic mass is 10.1. The number of hydrogen-bond acceptors (Lipinski definition) is 4. The molecule has 5 nitrogen and oxygen atoms in total. The highest BCUT2D eigenvalue weighted by Gasteiger charge is 2.18. The van der Waals surface area contributed by atoms with Gasteiger partial charge in [0.15, 0.2) is 11.0 Å². The molecule has 0 fully saturated rings. The minimum absolute atomic E-state index is 0.183. The van der Waals surface area contributed by atoms with E-state index in [0.29, 0.717) is 32.3 Å². The number of carbonyl (C=O) groups is 1. The third kappa shape index (κ3) is 5.79. The number of amides is 1. The molecule has 33 heavy (non-hydrogen) atoms. The number of thioether (sulfide) groups is 1. The maximum absolute atomic E-state index is 12.6. The molecule has 0 aliphatic carbocycles. The van der Waals surface area contributed by atoms with Crippen LogP contribution in [0.3, 0.4) is 0 Å². The van der Waals surface area contributed by atoms with Crippen molar-refractivity contribution in [2.45, 2.75) is 24.4 Å². The van der Waals surface area contributed by atoms with Gasteiger partial charge in [-0.05, 0) is 54.4 Å². The number of nitrogens with one attached hydrogen (secondary N) is 1. The third-order valence-corrected chi connectivity index (χ3v) is 6.97. The Hall–Kier alpha value is -2.32. The fourth-order valence-corrected chi connectivity index (χ4v) is 5.15. The zero-order valence-corrected chi connectivity index (χ0v) is 21.5. The quantitative estimate of drug-likeness (QED) is 0.250. The molecule has 9 heteroatoms. The van der Waals surface area contributed by atoms with E-state index in [0.717, 1.165) is 10.2 Å². The molecule has 0 bridgehead atoms. The lowest BCUT2D eigenvalue weighted by Crippen LogP contribution is -2.24. The molecule has 0 saturated heterocycles. The Morgan fingerprint density at radius 3 is 2.64 bits per heavy atom. The van der Waals surface area contributed by atoms with Crippen molar-refractivity contribution in [2.75, 3.05) is 0 Å². The summed E-state index contributed by atoms with van der Waals surface area (Å²) in [6, 6.07) is 20.7. The first-order valence-electron chi connectivity index (χ1n) is 10.0. The zero-order chi connectivity index (χ0) is 23.4. The van der Waals surface area contributed by atoms with Crippen molar-refractivity contribution < 1.29 is 4.79 Å². The number of rotatable bonds is 7. The van der Waals surface area contributed by atoms with Crippen LogP contribution in [0.4, 0.5) is 0 Å². The van der Waals surface area contributed by atoms with E-state index in [1.165, 1.54) is 11.1 Å². The average Bonchev–Trinajstić information content (AvgIpc) is 3.19. The van der Waals surface area contributed by atoms with Gasteiger partial charge in [-0.25, -0.2) is 0 Å². The standard InChI is InChI=1S/C24H19BrCl2N4OS/c1-15-5-2-3-6-17(15)14-33-24-30-29-22(31(24)21-10-9-19(26)12-20(21)27)13-28-23(32)16-7-4-8-18(25)11-16/h2-12H,13-14H2,1H3,(H,28,32). The van der Waals surface area contributed by atoms with Crippen LogP contribution in [0.5, 0.6) is 0 Å². The second-order valence-corrected chi connectivity index (χ2v) is 9.94. The van der Waals surface area contributed by atoms with Gasteiger partial charge in [0, 0.05) is 20.8 Å². The number of carbonyl (C=O) groups excluding carboxylic acids is 1. The molecule has 0 unspecified atom stereocenters. The first kappa shape index (κ1) is 23.8. The van der Waals surface area contributed by atoms with Crippen LogP contribution in [0.2, 0.25) is 10.0 Å². The molecule has 168 valence electrons. The molecule has 1 heterocycles. The van der Waals surface area contributed by atoms with Gasteiger partial charge in [0.2, 0.25) is 0 Å². The zero-order valence-electron chi connectivity index (χ0n) is 17.6. The van der Waals surface area contributed by atoms with E-state index in [2.05, 4.69) is 50.5 Å². The summed E-state index contributed by atoms with van der Waals surface area (Å²) in [6.07, 6.45) is 0. The Morgan fingerprint density at radius 2 is 1.88 bits per heavy atom. The minimum Gasteiger partial charge on any atom is -0.345 e. The Labute approximate surface area is 214 Å². The Balaban J connectivity index is 1.62.